The number of rotatable bonds is 9. The van der Waals surface area contributed by atoms with E-state index in [1.807, 2.05) is 69.3 Å². The molecular weight excluding hydrogens is 384 g/mol. The second kappa shape index (κ2) is 10.8. The van der Waals surface area contributed by atoms with Gasteiger partial charge in [0.1, 0.15) is 6.04 Å². The highest BCUT2D eigenvalue weighted by molar-refractivity contribution is 5.89. The third kappa shape index (κ3) is 5.94. The van der Waals surface area contributed by atoms with Crippen LogP contribution in [0.4, 0.5) is 0 Å². The molecule has 3 rings (SSSR count). The van der Waals surface area contributed by atoms with E-state index in [1.54, 1.807) is 4.90 Å². The van der Waals surface area contributed by atoms with Gasteiger partial charge in [0.25, 0.3) is 0 Å². The summed E-state index contributed by atoms with van der Waals surface area (Å²) in [4.78, 5) is 27.8. The van der Waals surface area contributed by atoms with Gasteiger partial charge in [0.05, 0.1) is 0 Å². The third-order valence-electron chi connectivity index (χ3n) is 5.85. The molecule has 0 aliphatic heterocycles. The van der Waals surface area contributed by atoms with Gasteiger partial charge in [0, 0.05) is 19.0 Å². The molecule has 0 fully saturated rings. The van der Waals surface area contributed by atoms with E-state index in [-0.39, 0.29) is 17.9 Å². The zero-order chi connectivity index (χ0) is 22.2. The lowest BCUT2D eigenvalue weighted by molar-refractivity contribution is -0.140. The first-order chi connectivity index (χ1) is 15.0. The summed E-state index contributed by atoms with van der Waals surface area (Å²) in [7, 11) is 0. The Bertz CT molecular complexity index is 1010. The lowest BCUT2D eigenvalue weighted by Gasteiger charge is -2.30. The molecule has 0 spiro atoms. The molecule has 0 saturated heterocycles. The van der Waals surface area contributed by atoms with Gasteiger partial charge in [-0.1, -0.05) is 79.7 Å². The van der Waals surface area contributed by atoms with Crippen molar-refractivity contribution in [2.24, 2.45) is 0 Å². The number of hydrogen-bond acceptors (Lipinski definition) is 2. The van der Waals surface area contributed by atoms with Crippen LogP contribution in [0.2, 0.25) is 0 Å². The highest BCUT2D eigenvalue weighted by Gasteiger charge is 2.26. The summed E-state index contributed by atoms with van der Waals surface area (Å²) in [6.07, 6.45) is 1.86. The van der Waals surface area contributed by atoms with Crippen molar-refractivity contribution >= 4 is 22.6 Å². The maximum absolute atomic E-state index is 13.3. The largest absolute Gasteiger partial charge is 0.352 e. The van der Waals surface area contributed by atoms with Crippen molar-refractivity contribution in [1.82, 2.24) is 10.2 Å². The van der Waals surface area contributed by atoms with Crippen LogP contribution < -0.4 is 5.32 Å². The van der Waals surface area contributed by atoms with Crippen molar-refractivity contribution in [3.63, 3.8) is 0 Å². The van der Waals surface area contributed by atoms with Crippen LogP contribution >= 0.6 is 0 Å². The van der Waals surface area contributed by atoms with Gasteiger partial charge in [0.2, 0.25) is 11.8 Å². The summed E-state index contributed by atoms with van der Waals surface area (Å²) in [5.74, 6) is -0.118. The smallest absolute Gasteiger partial charge is 0.242 e. The van der Waals surface area contributed by atoms with Gasteiger partial charge in [-0.2, -0.15) is 0 Å². The highest BCUT2D eigenvalue weighted by Crippen LogP contribution is 2.21. The molecule has 162 valence electrons. The van der Waals surface area contributed by atoms with Gasteiger partial charge < -0.3 is 10.2 Å². The average Bonchev–Trinajstić information content (AvgIpc) is 2.81. The fourth-order valence-electron chi connectivity index (χ4n) is 3.72. The second-order valence-corrected chi connectivity index (χ2v) is 8.14. The molecule has 2 amide bonds. The molecule has 0 radical (unpaired) electrons. The van der Waals surface area contributed by atoms with E-state index >= 15 is 0 Å². The summed E-state index contributed by atoms with van der Waals surface area (Å²) >= 11 is 0. The predicted molar refractivity (Wildman–Crippen MR) is 127 cm³/mol. The monoisotopic (exact) mass is 416 g/mol. The van der Waals surface area contributed by atoms with E-state index < -0.39 is 6.04 Å². The molecule has 4 nitrogen and oxygen atoms in total. The lowest BCUT2D eigenvalue weighted by Crippen LogP contribution is -2.49. The minimum atomic E-state index is -0.533. The topological polar surface area (TPSA) is 49.4 Å². The van der Waals surface area contributed by atoms with E-state index in [4.69, 9.17) is 0 Å². The average molecular weight is 417 g/mol. The summed E-state index contributed by atoms with van der Waals surface area (Å²) in [5, 5.41) is 5.37. The third-order valence-corrected chi connectivity index (χ3v) is 5.85. The van der Waals surface area contributed by atoms with E-state index in [2.05, 4.69) is 29.6 Å². The molecule has 2 atom stereocenters. The molecule has 0 aliphatic carbocycles. The number of nitrogens with one attached hydrogen (secondary N) is 1. The van der Waals surface area contributed by atoms with Gasteiger partial charge in [-0.05, 0) is 48.6 Å². The fourth-order valence-corrected chi connectivity index (χ4v) is 3.72. The van der Waals surface area contributed by atoms with Gasteiger partial charge >= 0.3 is 0 Å². The number of amides is 2. The number of carbonyl (C=O) groups excluding carboxylic acids is 2. The van der Waals surface area contributed by atoms with Gasteiger partial charge in [-0.15, -0.1) is 0 Å². The quantitative estimate of drug-likeness (QED) is 0.527. The van der Waals surface area contributed by atoms with E-state index in [0.717, 1.165) is 17.5 Å². The summed E-state index contributed by atoms with van der Waals surface area (Å²) in [5.41, 5.74) is 2.17. The molecule has 0 saturated carbocycles. The van der Waals surface area contributed by atoms with Crippen LogP contribution in [0.1, 0.15) is 44.7 Å². The number of hydrogen-bond donors (Lipinski definition) is 1. The minimum absolute atomic E-state index is 0.0106. The summed E-state index contributed by atoms with van der Waals surface area (Å²) in [6, 6.07) is 23.8. The number of aryl methyl sites for hydroxylation is 1. The summed E-state index contributed by atoms with van der Waals surface area (Å²) < 4.78 is 0. The lowest BCUT2D eigenvalue weighted by atomic mass is 10.0. The number of benzene rings is 3. The Morgan fingerprint density at radius 3 is 2.32 bits per heavy atom. The van der Waals surface area contributed by atoms with Crippen LogP contribution in [0.3, 0.4) is 0 Å². The van der Waals surface area contributed by atoms with Crippen molar-refractivity contribution in [1.29, 1.82) is 0 Å². The molecule has 1 N–H and O–H groups in total. The molecule has 3 aromatic carbocycles. The van der Waals surface area contributed by atoms with Crippen LogP contribution in [0, 0.1) is 0 Å². The molecular formula is C27H32N2O2. The van der Waals surface area contributed by atoms with Crippen molar-refractivity contribution in [3.8, 4) is 0 Å². The zero-order valence-corrected chi connectivity index (χ0v) is 18.7. The molecule has 0 heterocycles. The SMILES string of the molecule is CC[C@@H](C)NC(=O)[C@H](C)N(Cc1ccccc1)C(=O)CCc1cccc2ccccc12. The maximum Gasteiger partial charge on any atom is 0.242 e. The maximum atomic E-state index is 13.3. The number of carbonyl (C=O) groups is 2. The Morgan fingerprint density at radius 1 is 0.903 bits per heavy atom. The summed E-state index contributed by atoms with van der Waals surface area (Å²) in [6.45, 7) is 6.25. The van der Waals surface area contributed by atoms with Crippen molar-refractivity contribution < 1.29 is 9.59 Å². The molecule has 0 unspecified atom stereocenters. The van der Waals surface area contributed by atoms with E-state index in [0.29, 0.717) is 19.4 Å². The Balaban J connectivity index is 1.77. The van der Waals surface area contributed by atoms with Crippen LogP contribution in [-0.4, -0.2) is 28.8 Å². The Labute approximate surface area is 185 Å². The highest BCUT2D eigenvalue weighted by atomic mass is 16.2. The first-order valence-electron chi connectivity index (χ1n) is 11.1. The molecule has 0 aliphatic rings. The molecule has 0 bridgehead atoms. The van der Waals surface area contributed by atoms with Crippen molar-refractivity contribution in [3.05, 3.63) is 83.9 Å². The van der Waals surface area contributed by atoms with E-state index in [9.17, 15) is 9.59 Å². The Kier molecular flexibility index (Phi) is 7.82. The zero-order valence-electron chi connectivity index (χ0n) is 18.7. The van der Waals surface area contributed by atoms with Crippen LogP contribution in [0.15, 0.2) is 72.8 Å². The number of nitrogens with zero attached hydrogens (tertiary/aromatic N) is 1. The number of fused-ring (bicyclic) bond motifs is 1. The predicted octanol–water partition coefficient (Wildman–Crippen LogP) is 5.10. The minimum Gasteiger partial charge on any atom is -0.352 e. The van der Waals surface area contributed by atoms with Crippen molar-refractivity contribution in [2.45, 2.75) is 58.7 Å². The normalized spacial score (nSPS) is 12.9. The Morgan fingerprint density at radius 2 is 1.58 bits per heavy atom. The molecule has 3 aromatic rings. The van der Waals surface area contributed by atoms with Crippen LogP contribution in [0.5, 0.6) is 0 Å². The molecule has 4 heteroatoms. The molecule has 31 heavy (non-hydrogen) atoms. The fraction of sp³-hybridized carbons (Fsp3) is 0.333. The first-order valence-corrected chi connectivity index (χ1v) is 11.1. The molecule has 0 aromatic heterocycles. The standard InChI is InChI=1S/C27H32N2O2/c1-4-20(2)28-27(31)21(3)29(19-22-11-6-5-7-12-22)26(30)18-17-24-15-10-14-23-13-8-9-16-25(23)24/h5-16,20-21H,4,17-19H2,1-3H3,(H,28,31)/t20-,21+/m1/s1. The Hall–Kier alpha value is -3.14. The van der Waals surface area contributed by atoms with E-state index in [1.165, 1.54) is 10.8 Å². The first kappa shape index (κ1) is 22.5. The van der Waals surface area contributed by atoms with Gasteiger partial charge in [0.15, 0.2) is 0 Å². The van der Waals surface area contributed by atoms with Crippen LogP contribution in [-0.2, 0) is 22.6 Å². The van der Waals surface area contributed by atoms with Gasteiger partial charge in [-0.25, -0.2) is 0 Å². The van der Waals surface area contributed by atoms with Crippen LogP contribution in [0.25, 0.3) is 10.8 Å². The second-order valence-electron chi connectivity index (χ2n) is 8.14. The van der Waals surface area contributed by atoms with Crippen molar-refractivity contribution in [2.75, 3.05) is 0 Å². The van der Waals surface area contributed by atoms with Gasteiger partial charge in [-0.3, -0.25) is 9.59 Å².